The van der Waals surface area contributed by atoms with Crippen molar-refractivity contribution in [3.63, 3.8) is 0 Å². The lowest BCUT2D eigenvalue weighted by Crippen LogP contribution is -2.51. The molecule has 0 spiro atoms. The molecule has 0 atom stereocenters. The average Bonchev–Trinajstić information content (AvgIpc) is 2.89. The van der Waals surface area contributed by atoms with Gasteiger partial charge in [0.05, 0.1) is 8.07 Å². The highest BCUT2D eigenvalue weighted by Crippen LogP contribution is 2.23. The Balaban J connectivity index is 2.09. The molecule has 0 amide bonds. The zero-order chi connectivity index (χ0) is 27.2. The van der Waals surface area contributed by atoms with Gasteiger partial charge >= 0.3 is 0 Å². The largest absolute Gasteiger partial charge is 0.137 e. The van der Waals surface area contributed by atoms with Gasteiger partial charge in [-0.25, -0.2) is 0 Å². The second-order valence-electron chi connectivity index (χ2n) is 12.6. The molecule has 4 aromatic carbocycles. The van der Waals surface area contributed by atoms with Crippen molar-refractivity contribution < 1.29 is 0 Å². The number of hydrogen-bond acceptors (Lipinski definition) is 0. The molecule has 0 aliphatic carbocycles. The third kappa shape index (κ3) is 7.43. The average molecular weight is 563 g/mol. The van der Waals surface area contributed by atoms with E-state index in [9.17, 15) is 0 Å². The zero-order valence-corrected chi connectivity index (χ0v) is 28.2. The van der Waals surface area contributed by atoms with E-state index < -0.39 is 33.7 Å². The second-order valence-corrected chi connectivity index (χ2v) is 29.3. The van der Waals surface area contributed by atoms with E-state index in [0.717, 1.165) is 0 Å². The number of rotatable bonds is 9. The van der Waals surface area contributed by atoms with Gasteiger partial charge in [0.2, 0.25) is 0 Å². The molecule has 0 nitrogen and oxygen atoms in total. The molecule has 0 aliphatic rings. The number of benzene rings is 4. The molecular formula is C34H42Si4. The predicted octanol–water partition coefficient (Wildman–Crippen LogP) is 5.82. The van der Waals surface area contributed by atoms with Crippen LogP contribution < -0.4 is 20.7 Å². The first kappa shape index (κ1) is 28.3. The molecule has 0 bridgehead atoms. The Morgan fingerprint density at radius 3 is 1.11 bits per heavy atom. The summed E-state index contributed by atoms with van der Waals surface area (Å²) in [4.78, 5) is 1.66. The van der Waals surface area contributed by atoms with Gasteiger partial charge in [0.1, 0.15) is 17.6 Å². The zero-order valence-electron chi connectivity index (χ0n) is 23.9. The van der Waals surface area contributed by atoms with Gasteiger partial charge in [0, 0.05) is 8.07 Å². The minimum absolute atomic E-state index is 1.20. The molecule has 0 radical (unpaired) electrons. The molecule has 0 fully saturated rings. The fourth-order valence-electron chi connectivity index (χ4n) is 5.36. The van der Waals surface area contributed by atoms with Crippen molar-refractivity contribution in [1.29, 1.82) is 0 Å². The van der Waals surface area contributed by atoms with Gasteiger partial charge < -0.3 is 0 Å². The molecule has 194 valence electrons. The lowest BCUT2D eigenvalue weighted by molar-refractivity contribution is 1.46. The van der Waals surface area contributed by atoms with Crippen molar-refractivity contribution in [3.8, 4) is 0 Å². The highest BCUT2D eigenvalue weighted by molar-refractivity contribution is 7.07. The summed E-state index contributed by atoms with van der Waals surface area (Å²) in [7, 11) is -6.45. The van der Waals surface area contributed by atoms with E-state index in [1.165, 1.54) is 26.8 Å². The normalized spacial score (nSPS) is 11.9. The number of hydrogen-bond donors (Lipinski definition) is 0. The van der Waals surface area contributed by atoms with E-state index in [4.69, 9.17) is 0 Å². The van der Waals surface area contributed by atoms with Gasteiger partial charge in [-0.2, -0.15) is 0 Å². The summed E-state index contributed by atoms with van der Waals surface area (Å²) < 4.78 is 0. The lowest BCUT2D eigenvalue weighted by atomic mass is 10.4. The van der Waals surface area contributed by atoms with E-state index >= 15 is 0 Å². The summed E-state index contributed by atoms with van der Waals surface area (Å²) in [5.41, 5.74) is 4.40. The maximum absolute atomic E-state index is 4.40. The fourth-order valence-corrected chi connectivity index (χ4v) is 19.9. The Morgan fingerprint density at radius 2 is 0.816 bits per heavy atom. The van der Waals surface area contributed by atoms with Crippen LogP contribution >= 0.6 is 0 Å². The smallest absolute Gasteiger partial charge is 0.135 e. The van der Waals surface area contributed by atoms with Crippen LogP contribution in [0.3, 0.4) is 0 Å². The minimum atomic E-state index is -1.72. The van der Waals surface area contributed by atoms with Crippen LogP contribution in [-0.4, -0.2) is 33.7 Å². The highest BCUT2D eigenvalue weighted by atomic mass is 28.4. The van der Waals surface area contributed by atoms with Crippen LogP contribution in [0.5, 0.6) is 0 Å². The maximum atomic E-state index is 4.40. The minimum Gasteiger partial charge on any atom is -0.135 e. The molecule has 0 aliphatic heterocycles. The molecule has 4 heteroatoms. The summed E-state index contributed by atoms with van der Waals surface area (Å²) >= 11 is 0. The quantitative estimate of drug-likeness (QED) is 0.178. The van der Waals surface area contributed by atoms with Crippen molar-refractivity contribution in [3.05, 3.63) is 137 Å². The van der Waals surface area contributed by atoms with Crippen LogP contribution in [-0.2, 0) is 0 Å². The third-order valence-corrected chi connectivity index (χ3v) is 20.0. The standard InChI is InChI=1S/C34H42Si4/c1-37(2,3)28-33(35(29-19-11-7-12-20-29)30-21-13-8-14-22-30)27-34(38(4,5)6)36(31-23-15-9-16-24-31)32-25-17-10-18-26-32/h7-26,35-36H,28H2,1-6H3. The van der Waals surface area contributed by atoms with Crippen LogP contribution in [0.4, 0.5) is 0 Å². The Kier molecular flexibility index (Phi) is 9.24. The highest BCUT2D eigenvalue weighted by Gasteiger charge is 2.33. The SMILES string of the molecule is C[Si](C)(C)CC(=C=C([SiH](c1ccccc1)c1ccccc1)[Si](C)(C)C)[SiH](c1ccccc1)c1ccccc1. The maximum Gasteiger partial charge on any atom is 0.137 e. The molecule has 0 N–H and O–H groups in total. The molecule has 38 heavy (non-hydrogen) atoms. The Hall–Kier alpha value is -2.73. The van der Waals surface area contributed by atoms with Gasteiger partial charge in [-0.1, -0.05) is 181 Å². The third-order valence-electron chi connectivity index (χ3n) is 6.99. The van der Waals surface area contributed by atoms with Gasteiger partial charge in [0.15, 0.2) is 0 Å². The molecule has 0 saturated carbocycles. The van der Waals surface area contributed by atoms with Gasteiger partial charge in [-0.05, 0) is 16.1 Å². The van der Waals surface area contributed by atoms with Crippen LogP contribution in [0.15, 0.2) is 137 Å². The van der Waals surface area contributed by atoms with Gasteiger partial charge in [-0.15, -0.1) is 5.73 Å². The van der Waals surface area contributed by atoms with E-state index in [2.05, 4.69) is 166 Å². The molecule has 4 aromatic rings. The van der Waals surface area contributed by atoms with E-state index in [-0.39, 0.29) is 0 Å². The summed E-state index contributed by atoms with van der Waals surface area (Å²) in [5, 5.41) is 7.64. The van der Waals surface area contributed by atoms with Gasteiger partial charge in [-0.3, -0.25) is 0 Å². The lowest BCUT2D eigenvalue weighted by Gasteiger charge is -2.30. The first-order chi connectivity index (χ1) is 18.1. The molecule has 0 aromatic heterocycles. The number of allylic oxidation sites excluding steroid dienone is 1. The summed E-state index contributed by atoms with van der Waals surface area (Å²) in [6.45, 7) is 15.2. The summed E-state index contributed by atoms with van der Waals surface area (Å²) in [5.74, 6) is 0. The Bertz CT molecular complexity index is 1280. The summed E-state index contributed by atoms with van der Waals surface area (Å²) in [6.07, 6.45) is 0. The second kappa shape index (κ2) is 12.4. The van der Waals surface area contributed by atoms with Crippen LogP contribution in [0.25, 0.3) is 0 Å². The Morgan fingerprint density at radius 1 is 0.500 bits per heavy atom. The fraction of sp³-hybridized carbons (Fsp3) is 0.206. The van der Waals surface area contributed by atoms with E-state index in [1.807, 2.05) is 0 Å². The molecule has 0 unspecified atom stereocenters. The van der Waals surface area contributed by atoms with Crippen molar-refractivity contribution in [2.24, 2.45) is 0 Å². The predicted molar refractivity (Wildman–Crippen MR) is 181 cm³/mol. The first-order valence-electron chi connectivity index (χ1n) is 13.8. The van der Waals surface area contributed by atoms with Crippen molar-refractivity contribution in [1.82, 2.24) is 0 Å². The van der Waals surface area contributed by atoms with Crippen LogP contribution in [0.2, 0.25) is 45.3 Å². The topological polar surface area (TPSA) is 0 Å². The monoisotopic (exact) mass is 562 g/mol. The van der Waals surface area contributed by atoms with Crippen LogP contribution in [0, 0.1) is 0 Å². The van der Waals surface area contributed by atoms with E-state index in [0.29, 0.717) is 0 Å². The van der Waals surface area contributed by atoms with Crippen LogP contribution in [0.1, 0.15) is 0 Å². The molecule has 0 saturated heterocycles. The first-order valence-corrected chi connectivity index (χ1v) is 24.5. The van der Waals surface area contributed by atoms with Gasteiger partial charge in [0.25, 0.3) is 0 Å². The molecule has 4 rings (SSSR count). The Labute approximate surface area is 236 Å². The molecular weight excluding hydrogens is 521 g/mol. The van der Waals surface area contributed by atoms with Crippen molar-refractivity contribution in [2.75, 3.05) is 0 Å². The molecule has 0 heterocycles. The van der Waals surface area contributed by atoms with E-state index in [1.54, 1.807) is 10.0 Å². The van der Waals surface area contributed by atoms with Crippen molar-refractivity contribution in [2.45, 2.75) is 45.3 Å². The van der Waals surface area contributed by atoms with Crippen molar-refractivity contribution >= 4 is 54.5 Å². The summed E-state index contributed by atoms with van der Waals surface area (Å²) in [6, 6.07) is 46.5.